The molecule has 0 aromatic heterocycles. The third-order valence-corrected chi connectivity index (χ3v) is 7.39. The standard InChI is InChI=1S/C30H45N3O5.C3H9N/c1-5-7-14-32(15-8-6-2)29(35)22-33-21-25(18-26(33)12-16-31(3)13-10-9-11-17-34)24-19-27(36-4)30-28(20-24)37-23-38-30;1-4(2)3/h9-11,13,17,19-20,25-26H,5-8,12,14-16,18,21-23H2,1-4H3;1-3H3/p+1/b11-9-,13-10-;/t25?,26-;/m0./s1. The summed E-state index contributed by atoms with van der Waals surface area (Å²) in [7, 11) is 9.94. The topological polar surface area (TPSA) is 76.0 Å². The molecule has 2 aliphatic heterocycles. The Bertz CT molecular complexity index is 1000. The van der Waals surface area contributed by atoms with Gasteiger partial charge in [-0.05, 0) is 67.6 Å². The van der Waals surface area contributed by atoms with E-state index >= 15 is 0 Å². The first-order valence-corrected chi connectivity index (χ1v) is 15.5. The molecule has 2 heterocycles. The number of aldehydes is 1. The van der Waals surface area contributed by atoms with Gasteiger partial charge in [0.05, 0.1) is 34.8 Å². The summed E-state index contributed by atoms with van der Waals surface area (Å²) in [6.07, 6.45) is 13.9. The number of nitrogens with zero attached hydrogens (tertiary/aromatic N) is 3. The molecular formula is C33H55N4O5+. The number of hydrogen-bond acceptors (Lipinski definition) is 7. The number of fused-ring (bicyclic) bond motifs is 1. The summed E-state index contributed by atoms with van der Waals surface area (Å²) in [5.74, 6) is 2.58. The second-order valence-corrected chi connectivity index (χ2v) is 11.7. The molecule has 0 bridgehead atoms. The number of carbonyl (C=O) groups excluding carboxylic acids is 2. The zero-order valence-corrected chi connectivity index (χ0v) is 27.1. The first kappa shape index (κ1) is 35.2. The quantitative estimate of drug-likeness (QED) is 0.181. The van der Waals surface area contributed by atoms with Gasteiger partial charge < -0.3 is 28.9 Å². The van der Waals surface area contributed by atoms with Crippen molar-refractivity contribution in [1.82, 2.24) is 14.7 Å². The lowest BCUT2D eigenvalue weighted by Crippen LogP contribution is -3.02. The van der Waals surface area contributed by atoms with Gasteiger partial charge in [-0.1, -0.05) is 32.8 Å². The van der Waals surface area contributed by atoms with Crippen molar-refractivity contribution in [3.63, 3.8) is 0 Å². The van der Waals surface area contributed by atoms with Crippen LogP contribution in [0.25, 0.3) is 0 Å². The van der Waals surface area contributed by atoms with Gasteiger partial charge in [-0.2, -0.15) is 0 Å². The van der Waals surface area contributed by atoms with Crippen LogP contribution in [0.2, 0.25) is 0 Å². The average molecular weight is 588 g/mol. The Morgan fingerprint density at radius 3 is 2.38 bits per heavy atom. The van der Waals surface area contributed by atoms with Gasteiger partial charge in [0.25, 0.3) is 0 Å². The van der Waals surface area contributed by atoms with E-state index in [4.69, 9.17) is 14.2 Å². The zero-order valence-electron chi connectivity index (χ0n) is 27.1. The van der Waals surface area contributed by atoms with Gasteiger partial charge in [0.2, 0.25) is 18.4 Å². The van der Waals surface area contributed by atoms with Crippen LogP contribution < -0.4 is 19.1 Å². The lowest BCUT2D eigenvalue weighted by atomic mass is 9.94. The molecule has 236 valence electrons. The van der Waals surface area contributed by atoms with Gasteiger partial charge in [0, 0.05) is 39.3 Å². The summed E-state index contributed by atoms with van der Waals surface area (Å²) in [5.41, 5.74) is 1.16. The summed E-state index contributed by atoms with van der Waals surface area (Å²) in [4.78, 5) is 31.9. The predicted octanol–water partition coefficient (Wildman–Crippen LogP) is 3.36. The SMILES string of the molecule is CCCCN(CCCC)C(=O)CN1CC(c2cc(OC)c3c(c2)OCO3)C[C@@H]1CCN(C)/C=C\C=C/C=O.C[NH+](C)C. The monoisotopic (exact) mass is 587 g/mol. The maximum Gasteiger partial charge on any atom is 0.236 e. The van der Waals surface area contributed by atoms with Crippen LogP contribution in [0.3, 0.4) is 0 Å². The van der Waals surface area contributed by atoms with Crippen LogP contribution in [0.5, 0.6) is 17.2 Å². The lowest BCUT2D eigenvalue weighted by molar-refractivity contribution is -0.836. The number of nitrogens with one attached hydrogen (secondary N) is 1. The van der Waals surface area contributed by atoms with Crippen LogP contribution in [0.1, 0.15) is 63.9 Å². The van der Waals surface area contributed by atoms with Crippen molar-refractivity contribution in [3.8, 4) is 17.2 Å². The molecule has 1 aromatic carbocycles. The highest BCUT2D eigenvalue weighted by atomic mass is 16.7. The second kappa shape index (κ2) is 19.2. The average Bonchev–Trinajstić information content (AvgIpc) is 3.60. The number of methoxy groups -OCH3 is 1. The van der Waals surface area contributed by atoms with Gasteiger partial charge >= 0.3 is 0 Å². The summed E-state index contributed by atoms with van der Waals surface area (Å²) in [6, 6.07) is 4.41. The molecule has 0 radical (unpaired) electrons. The molecule has 1 saturated heterocycles. The number of quaternary nitrogens is 1. The van der Waals surface area contributed by atoms with Gasteiger partial charge in [-0.3, -0.25) is 14.5 Å². The molecule has 1 fully saturated rings. The van der Waals surface area contributed by atoms with Gasteiger partial charge in [-0.25, -0.2) is 0 Å². The van der Waals surface area contributed by atoms with Crippen molar-refractivity contribution in [2.45, 2.75) is 64.3 Å². The second-order valence-electron chi connectivity index (χ2n) is 11.7. The lowest BCUT2D eigenvalue weighted by Gasteiger charge is -2.29. The molecule has 1 unspecified atom stereocenters. The Hall–Kier alpha value is -3.04. The fourth-order valence-electron chi connectivity index (χ4n) is 5.17. The molecule has 9 nitrogen and oxygen atoms in total. The highest BCUT2D eigenvalue weighted by molar-refractivity contribution is 5.78. The predicted molar refractivity (Wildman–Crippen MR) is 169 cm³/mol. The molecule has 1 amide bonds. The fraction of sp³-hybridized carbons (Fsp3) is 0.636. The Kier molecular flexibility index (Phi) is 16.1. The Morgan fingerprint density at radius 1 is 1.07 bits per heavy atom. The molecule has 0 saturated carbocycles. The molecule has 9 heteroatoms. The Balaban J connectivity index is 0.00000144. The molecule has 2 atom stereocenters. The van der Waals surface area contributed by atoms with Crippen LogP contribution >= 0.6 is 0 Å². The van der Waals surface area contributed by atoms with Crippen molar-refractivity contribution in [1.29, 1.82) is 0 Å². The number of hydrogen-bond donors (Lipinski definition) is 1. The fourth-order valence-corrected chi connectivity index (χ4v) is 5.17. The van der Waals surface area contributed by atoms with Crippen LogP contribution in [0.4, 0.5) is 0 Å². The molecule has 1 N–H and O–H groups in total. The molecular weight excluding hydrogens is 532 g/mol. The van der Waals surface area contributed by atoms with Crippen molar-refractivity contribution < 1.29 is 28.7 Å². The first-order valence-electron chi connectivity index (χ1n) is 15.5. The normalized spacial score (nSPS) is 18.0. The van der Waals surface area contributed by atoms with E-state index in [0.29, 0.717) is 18.0 Å². The smallest absolute Gasteiger partial charge is 0.236 e. The van der Waals surface area contributed by atoms with Crippen LogP contribution in [-0.2, 0) is 9.59 Å². The minimum Gasteiger partial charge on any atom is -0.493 e. The summed E-state index contributed by atoms with van der Waals surface area (Å²) < 4.78 is 16.9. The van der Waals surface area contributed by atoms with Gasteiger partial charge in [0.15, 0.2) is 11.5 Å². The van der Waals surface area contributed by atoms with Crippen LogP contribution in [-0.4, -0.2) is 108 Å². The molecule has 0 spiro atoms. The highest BCUT2D eigenvalue weighted by Crippen LogP contribution is 2.45. The molecule has 0 aliphatic carbocycles. The largest absolute Gasteiger partial charge is 0.493 e. The number of amides is 1. The van der Waals surface area contributed by atoms with E-state index in [1.807, 2.05) is 19.3 Å². The maximum atomic E-state index is 13.5. The van der Waals surface area contributed by atoms with Crippen LogP contribution in [0, 0.1) is 0 Å². The highest BCUT2D eigenvalue weighted by Gasteiger charge is 2.36. The van der Waals surface area contributed by atoms with Crippen LogP contribution in [0.15, 0.2) is 36.6 Å². The summed E-state index contributed by atoms with van der Waals surface area (Å²) in [5, 5.41) is 0. The van der Waals surface area contributed by atoms with E-state index < -0.39 is 0 Å². The molecule has 1 aromatic rings. The Labute approximate surface area is 254 Å². The number of rotatable bonds is 16. The van der Waals surface area contributed by atoms with E-state index in [9.17, 15) is 9.59 Å². The first-order chi connectivity index (χ1) is 20.2. The van der Waals surface area contributed by atoms with Crippen molar-refractivity contribution in [2.75, 3.05) is 74.8 Å². The van der Waals surface area contributed by atoms with Crippen molar-refractivity contribution in [2.24, 2.45) is 0 Å². The number of benzene rings is 1. The molecule has 2 aliphatic rings. The van der Waals surface area contributed by atoms with E-state index in [0.717, 1.165) is 82.3 Å². The van der Waals surface area contributed by atoms with E-state index in [2.05, 4.69) is 61.8 Å². The minimum atomic E-state index is 0.205. The summed E-state index contributed by atoms with van der Waals surface area (Å²) in [6.45, 7) is 8.32. The number of unbranched alkanes of at least 4 members (excludes halogenated alkanes) is 2. The van der Waals surface area contributed by atoms with Gasteiger partial charge in [-0.15, -0.1) is 0 Å². The van der Waals surface area contributed by atoms with Crippen molar-refractivity contribution >= 4 is 12.2 Å². The number of carbonyl (C=O) groups is 2. The van der Waals surface area contributed by atoms with E-state index in [1.165, 1.54) is 11.0 Å². The Morgan fingerprint density at radius 2 is 1.76 bits per heavy atom. The summed E-state index contributed by atoms with van der Waals surface area (Å²) >= 11 is 0. The van der Waals surface area contributed by atoms with Crippen molar-refractivity contribution in [3.05, 3.63) is 42.1 Å². The molecule has 3 rings (SSSR count). The minimum absolute atomic E-state index is 0.205. The third-order valence-electron chi connectivity index (χ3n) is 7.39. The number of likely N-dealkylation sites (tertiary alicyclic amines) is 1. The third kappa shape index (κ3) is 11.7. The number of allylic oxidation sites excluding steroid dienone is 3. The molecule has 42 heavy (non-hydrogen) atoms. The maximum absolute atomic E-state index is 13.5. The van der Waals surface area contributed by atoms with Gasteiger partial charge in [0.1, 0.15) is 6.29 Å². The van der Waals surface area contributed by atoms with E-state index in [-0.39, 0.29) is 24.7 Å². The number of ether oxygens (including phenoxy) is 3. The zero-order chi connectivity index (χ0) is 30.9. The van der Waals surface area contributed by atoms with E-state index in [1.54, 1.807) is 13.2 Å².